The Morgan fingerprint density at radius 1 is 1.21 bits per heavy atom. The van der Waals surface area contributed by atoms with Crippen LogP contribution in [-0.2, 0) is 9.63 Å². The molecule has 0 amide bonds. The Labute approximate surface area is 227 Å². The smallest absolute Gasteiger partial charge is 0.290 e. The maximum Gasteiger partial charge on any atom is 0.290 e. The molecular weight excluding hydrogens is 487 g/mol. The van der Waals surface area contributed by atoms with Gasteiger partial charge in [-0.1, -0.05) is 37.2 Å². The molecule has 0 aliphatic carbocycles. The zero-order chi connectivity index (χ0) is 28.5. The van der Waals surface area contributed by atoms with E-state index in [1.165, 1.54) is 18.9 Å². The maximum atomic E-state index is 14.9. The lowest BCUT2D eigenvalue weighted by molar-refractivity contribution is -0.122. The summed E-state index contributed by atoms with van der Waals surface area (Å²) < 4.78 is 14.9. The first-order valence-electron chi connectivity index (χ1n) is 13.1. The molecule has 0 aromatic heterocycles. The molecule has 1 aromatic rings. The average molecular weight is 533 g/mol. The fourth-order valence-corrected chi connectivity index (χ4v) is 4.69. The highest BCUT2D eigenvalue weighted by Crippen LogP contribution is 2.30. The number of aliphatic imine (C=N–C) groups is 1. The fourth-order valence-electron chi connectivity index (χ4n) is 4.69. The number of para-hydroxylation sites is 1. The molecule has 2 N–H and O–H groups in total. The van der Waals surface area contributed by atoms with Crippen LogP contribution in [-0.4, -0.2) is 86.0 Å². The number of benzene rings is 1. The van der Waals surface area contributed by atoms with Crippen molar-refractivity contribution in [3.63, 3.8) is 0 Å². The van der Waals surface area contributed by atoms with E-state index in [1.807, 2.05) is 26.8 Å². The molecule has 2 fully saturated rings. The number of carbonyl (C=O) groups is 1. The first-order valence-corrected chi connectivity index (χ1v) is 13.1. The third-order valence-corrected chi connectivity index (χ3v) is 6.51. The lowest BCUT2D eigenvalue weighted by Crippen LogP contribution is -2.47. The summed E-state index contributed by atoms with van der Waals surface area (Å²) in [5.41, 5.74) is 4.47. The summed E-state index contributed by atoms with van der Waals surface area (Å²) in [5, 5.41) is 14.9. The van der Waals surface area contributed by atoms with Crippen LogP contribution in [0.15, 0.2) is 46.1 Å². The summed E-state index contributed by atoms with van der Waals surface area (Å²) >= 11 is 0. The van der Waals surface area contributed by atoms with Crippen molar-refractivity contribution in [1.29, 1.82) is 0 Å². The molecule has 0 atom stereocenters. The van der Waals surface area contributed by atoms with Gasteiger partial charge in [-0.2, -0.15) is 5.10 Å². The van der Waals surface area contributed by atoms with Crippen molar-refractivity contribution < 1.29 is 19.1 Å². The first-order chi connectivity index (χ1) is 18.3. The normalized spacial score (nSPS) is 18.0. The Morgan fingerprint density at radius 3 is 2.29 bits per heavy atom. The van der Waals surface area contributed by atoms with Gasteiger partial charge in [-0.15, -0.1) is 6.58 Å². The van der Waals surface area contributed by atoms with E-state index in [0.29, 0.717) is 17.5 Å². The van der Waals surface area contributed by atoms with Gasteiger partial charge in [-0.05, 0) is 77.8 Å². The van der Waals surface area contributed by atoms with Crippen LogP contribution >= 0.6 is 0 Å². The molecule has 38 heavy (non-hydrogen) atoms. The lowest BCUT2D eigenvalue weighted by atomic mass is 9.93. The van der Waals surface area contributed by atoms with Gasteiger partial charge in [0.05, 0.1) is 5.71 Å². The molecule has 2 heterocycles. The van der Waals surface area contributed by atoms with Crippen LogP contribution in [0.2, 0.25) is 0 Å². The number of carboxylic acid groups (broad SMARTS) is 1. The van der Waals surface area contributed by atoms with Crippen LogP contribution in [0.25, 0.3) is 0 Å². The standard InChI is InChI=1S/C24H37FN6O.C3H6.CH2O2/c1-17(2)22(29-26-3)20-7-6-8-21(25)23(20)28-24(32-27-4)18-9-15-31(16-10-18)19-11-13-30(5)14-12-19;1-3-2;2-1-3/h6-8,17-19,26H,4,9-16H2,1-3,5H3;3H,1H2,2H3;1H,(H,2,3)/b28-24?,29-22-;;. The van der Waals surface area contributed by atoms with Gasteiger partial charge in [-0.3, -0.25) is 4.79 Å². The van der Waals surface area contributed by atoms with E-state index >= 15 is 0 Å². The predicted molar refractivity (Wildman–Crippen MR) is 154 cm³/mol. The quantitative estimate of drug-likeness (QED) is 0.173. The minimum absolute atomic E-state index is 0.0826. The molecule has 0 unspecified atom stereocenters. The number of hydrogen-bond donors (Lipinski definition) is 2. The molecule has 0 spiro atoms. The summed E-state index contributed by atoms with van der Waals surface area (Å²) in [7, 11) is 3.92. The van der Waals surface area contributed by atoms with E-state index < -0.39 is 5.82 Å². The van der Waals surface area contributed by atoms with Crippen LogP contribution in [0.5, 0.6) is 0 Å². The van der Waals surface area contributed by atoms with E-state index in [0.717, 1.165) is 44.7 Å². The Bertz CT molecular complexity index is 915. The molecule has 0 saturated carbocycles. The molecule has 9 nitrogen and oxygen atoms in total. The molecule has 212 valence electrons. The zero-order valence-electron chi connectivity index (χ0n) is 23.6. The number of halogens is 1. The van der Waals surface area contributed by atoms with Gasteiger partial charge in [0, 0.05) is 31.3 Å². The Morgan fingerprint density at radius 2 is 1.79 bits per heavy atom. The summed E-state index contributed by atoms with van der Waals surface area (Å²) in [6, 6.07) is 5.60. The van der Waals surface area contributed by atoms with Crippen LogP contribution in [0.3, 0.4) is 0 Å². The van der Waals surface area contributed by atoms with Crippen molar-refractivity contribution in [2.24, 2.45) is 27.1 Å². The van der Waals surface area contributed by atoms with Crippen molar-refractivity contribution in [3.05, 3.63) is 42.2 Å². The third-order valence-electron chi connectivity index (χ3n) is 6.51. The second kappa shape index (κ2) is 18.2. The largest absolute Gasteiger partial charge is 0.483 e. The molecule has 0 bridgehead atoms. The summed E-state index contributed by atoms with van der Waals surface area (Å²) in [4.78, 5) is 23.5. The van der Waals surface area contributed by atoms with E-state index in [-0.39, 0.29) is 24.0 Å². The van der Waals surface area contributed by atoms with Gasteiger partial charge in [0.1, 0.15) is 11.5 Å². The minimum atomic E-state index is -0.402. The van der Waals surface area contributed by atoms with Crippen molar-refractivity contribution in [2.45, 2.75) is 52.5 Å². The van der Waals surface area contributed by atoms with E-state index in [4.69, 9.17) is 14.7 Å². The van der Waals surface area contributed by atoms with Crippen molar-refractivity contribution in [1.82, 2.24) is 15.2 Å². The van der Waals surface area contributed by atoms with Crippen LogP contribution in [0.1, 0.15) is 52.0 Å². The third kappa shape index (κ3) is 10.3. The monoisotopic (exact) mass is 532 g/mol. The molecule has 0 radical (unpaired) electrons. The van der Waals surface area contributed by atoms with Crippen LogP contribution in [0, 0.1) is 17.7 Å². The molecule has 2 aliphatic heterocycles. The maximum absolute atomic E-state index is 14.9. The van der Waals surface area contributed by atoms with Gasteiger partial charge >= 0.3 is 0 Å². The molecule has 1 aromatic carbocycles. The number of allylic oxidation sites excluding steroid dienone is 1. The van der Waals surface area contributed by atoms with Crippen LogP contribution < -0.4 is 5.43 Å². The number of oxime groups is 1. The number of nitrogens with one attached hydrogen (secondary N) is 1. The summed E-state index contributed by atoms with van der Waals surface area (Å²) in [6.07, 6.45) is 6.00. The Balaban J connectivity index is 0.00000110. The van der Waals surface area contributed by atoms with Gasteiger partial charge in [0.15, 0.2) is 0 Å². The fraction of sp³-hybridized carbons (Fsp3) is 0.571. The van der Waals surface area contributed by atoms with Gasteiger partial charge in [0.25, 0.3) is 6.47 Å². The van der Waals surface area contributed by atoms with Gasteiger partial charge < -0.3 is 25.2 Å². The van der Waals surface area contributed by atoms with E-state index in [2.05, 4.69) is 50.8 Å². The van der Waals surface area contributed by atoms with Crippen molar-refractivity contribution in [2.75, 3.05) is 40.3 Å². The van der Waals surface area contributed by atoms with Crippen molar-refractivity contribution >= 4 is 30.5 Å². The summed E-state index contributed by atoms with van der Waals surface area (Å²) in [6.45, 7) is 16.8. The Kier molecular flexibility index (Phi) is 15.8. The van der Waals surface area contributed by atoms with Gasteiger partial charge in [-0.25, -0.2) is 9.38 Å². The number of likely N-dealkylation sites (tertiary alicyclic amines) is 2. The topological polar surface area (TPSA) is 102 Å². The Hall–Kier alpha value is -3.11. The average Bonchev–Trinajstić information content (AvgIpc) is 2.89. The van der Waals surface area contributed by atoms with Crippen LogP contribution in [0.4, 0.5) is 10.1 Å². The highest BCUT2D eigenvalue weighted by Gasteiger charge is 2.31. The first kappa shape index (κ1) is 32.9. The van der Waals surface area contributed by atoms with E-state index in [1.54, 1.807) is 19.2 Å². The second-order valence-electron chi connectivity index (χ2n) is 9.54. The number of piperidine rings is 2. The number of nitrogens with zero attached hydrogens (tertiary/aromatic N) is 5. The highest BCUT2D eigenvalue weighted by atomic mass is 19.1. The molecule has 2 saturated heterocycles. The predicted octanol–water partition coefficient (Wildman–Crippen LogP) is 4.77. The number of rotatable bonds is 7. The lowest BCUT2D eigenvalue weighted by Gasteiger charge is -2.40. The van der Waals surface area contributed by atoms with E-state index in [9.17, 15) is 4.39 Å². The van der Waals surface area contributed by atoms with Crippen molar-refractivity contribution in [3.8, 4) is 0 Å². The molecular formula is C28H45FN6O3. The molecule has 3 rings (SSSR count). The zero-order valence-corrected chi connectivity index (χ0v) is 23.6. The SMILES string of the molecule is C=CC.C=NOC(=Nc1c(F)cccc1/C(=N\NC)C(C)C)C1CCN(C2CCN(C)CC2)CC1.O=CO. The number of hydrogen-bond acceptors (Lipinski definition) is 8. The summed E-state index contributed by atoms with van der Waals surface area (Å²) in [5.74, 6) is 0.208. The number of hydrazone groups is 1. The second-order valence-corrected chi connectivity index (χ2v) is 9.54. The minimum Gasteiger partial charge on any atom is -0.483 e. The van der Waals surface area contributed by atoms with Gasteiger partial charge in [0.2, 0.25) is 5.90 Å². The molecule has 2 aliphatic rings. The highest BCUT2D eigenvalue weighted by molar-refractivity contribution is 6.06. The molecule has 10 heteroatoms.